The lowest BCUT2D eigenvalue weighted by atomic mass is 9.98. The summed E-state index contributed by atoms with van der Waals surface area (Å²) in [6.45, 7) is 0. The molecular weight excluding hydrogens is 312 g/mol. The minimum atomic E-state index is -0.917. The smallest absolute Gasteiger partial charge is 0.181 e. The number of carbonyl (C=O) groups excluding carboxylic acids is 2. The van der Waals surface area contributed by atoms with Crippen LogP contribution in [0.5, 0.6) is 0 Å². The molecule has 0 saturated heterocycles. The molecule has 0 aromatic heterocycles. The van der Waals surface area contributed by atoms with Gasteiger partial charge in [0.25, 0.3) is 0 Å². The molecule has 3 heteroatoms. The molecule has 0 aliphatic carbocycles. The Morgan fingerprint density at radius 2 is 1.36 bits per heavy atom. The van der Waals surface area contributed by atoms with Crippen LogP contribution in [0.1, 0.15) is 26.3 Å². The molecule has 1 atom stereocenters. The summed E-state index contributed by atoms with van der Waals surface area (Å²) in [4.78, 5) is 30.9. The number of Topliss-reactive ketones (excluding diaryl/α,β-unsaturated/α-hetero) is 2. The highest BCUT2D eigenvalue weighted by Gasteiger charge is 2.37. The maximum atomic E-state index is 13.1. The van der Waals surface area contributed by atoms with Gasteiger partial charge in [-0.1, -0.05) is 72.8 Å². The fourth-order valence-electron chi connectivity index (χ4n) is 3.11. The van der Waals surface area contributed by atoms with E-state index in [1.807, 2.05) is 42.5 Å². The molecule has 1 aliphatic heterocycles. The molecule has 1 heterocycles. The van der Waals surface area contributed by atoms with Gasteiger partial charge in [-0.3, -0.25) is 14.6 Å². The summed E-state index contributed by atoms with van der Waals surface area (Å²) < 4.78 is 0. The zero-order valence-electron chi connectivity index (χ0n) is 13.4. The van der Waals surface area contributed by atoms with E-state index in [2.05, 4.69) is 4.99 Å². The average Bonchev–Trinajstić information content (AvgIpc) is 2.69. The average molecular weight is 327 g/mol. The maximum Gasteiger partial charge on any atom is 0.181 e. The minimum absolute atomic E-state index is 0.196. The third-order valence-electron chi connectivity index (χ3n) is 4.34. The van der Waals surface area contributed by atoms with Crippen LogP contribution < -0.4 is 0 Å². The summed E-state index contributed by atoms with van der Waals surface area (Å²) in [5, 5.41) is 0. The molecule has 0 fully saturated rings. The van der Waals surface area contributed by atoms with E-state index in [1.165, 1.54) is 0 Å². The zero-order valence-corrected chi connectivity index (χ0v) is 13.4. The van der Waals surface area contributed by atoms with Gasteiger partial charge in [0.2, 0.25) is 0 Å². The monoisotopic (exact) mass is 327 g/mol. The van der Waals surface area contributed by atoms with Gasteiger partial charge in [-0.15, -0.1) is 0 Å². The number of rotatable bonds is 3. The van der Waals surface area contributed by atoms with Gasteiger partial charge in [0.1, 0.15) is 5.92 Å². The fraction of sp³-hybridized carbons (Fsp3) is 0.0455. The van der Waals surface area contributed by atoms with Crippen molar-refractivity contribution in [1.82, 2.24) is 0 Å². The van der Waals surface area contributed by atoms with E-state index < -0.39 is 5.92 Å². The van der Waals surface area contributed by atoms with Crippen LogP contribution in [-0.4, -0.2) is 17.3 Å². The first kappa shape index (κ1) is 15.2. The predicted molar refractivity (Wildman–Crippen MR) is 97.7 cm³/mol. The Kier molecular flexibility index (Phi) is 3.82. The van der Waals surface area contributed by atoms with Crippen molar-refractivity contribution in [2.24, 2.45) is 10.9 Å². The summed E-state index contributed by atoms with van der Waals surface area (Å²) in [6.07, 6.45) is 0. The van der Waals surface area contributed by atoms with E-state index in [1.54, 1.807) is 42.5 Å². The molecule has 0 amide bonds. The second kappa shape index (κ2) is 6.29. The Bertz CT molecular complexity index is 975. The molecule has 3 aromatic carbocycles. The van der Waals surface area contributed by atoms with Crippen molar-refractivity contribution >= 4 is 23.0 Å². The molecular formula is C22H15NO2. The van der Waals surface area contributed by atoms with E-state index >= 15 is 0 Å². The molecule has 0 radical (unpaired) electrons. The van der Waals surface area contributed by atoms with Gasteiger partial charge < -0.3 is 0 Å². The van der Waals surface area contributed by atoms with E-state index in [0.717, 1.165) is 5.56 Å². The van der Waals surface area contributed by atoms with Gasteiger partial charge in [-0.2, -0.15) is 0 Å². The van der Waals surface area contributed by atoms with Crippen LogP contribution >= 0.6 is 0 Å². The molecule has 1 aliphatic rings. The van der Waals surface area contributed by atoms with Crippen molar-refractivity contribution in [2.75, 3.05) is 0 Å². The largest absolute Gasteiger partial charge is 0.293 e. The second-order valence-corrected chi connectivity index (χ2v) is 5.91. The van der Waals surface area contributed by atoms with Crippen LogP contribution in [0.25, 0.3) is 0 Å². The van der Waals surface area contributed by atoms with Crippen molar-refractivity contribution < 1.29 is 9.59 Å². The molecule has 25 heavy (non-hydrogen) atoms. The fourth-order valence-corrected chi connectivity index (χ4v) is 3.11. The quantitative estimate of drug-likeness (QED) is 0.404. The second-order valence-electron chi connectivity index (χ2n) is 5.91. The lowest BCUT2D eigenvalue weighted by Crippen LogP contribution is -2.35. The Balaban J connectivity index is 1.89. The molecule has 120 valence electrons. The van der Waals surface area contributed by atoms with Crippen molar-refractivity contribution in [3.05, 3.63) is 102 Å². The number of para-hydroxylation sites is 1. The Labute approximate surface area is 145 Å². The van der Waals surface area contributed by atoms with Crippen molar-refractivity contribution in [1.29, 1.82) is 0 Å². The SMILES string of the molecule is O=[13C](c1ccccc1)C1C(c2ccccc2)=Nc2ccccc2[13C]1=O. The Hall–Kier alpha value is -3.33. The predicted octanol–water partition coefficient (Wildman–Crippen LogP) is 4.50. The molecule has 3 nitrogen and oxygen atoms in total. The number of ketones is 2. The number of fused-ring (bicyclic) bond motifs is 1. The number of nitrogens with zero attached hydrogens (tertiary/aromatic N) is 1. The molecule has 0 saturated carbocycles. The van der Waals surface area contributed by atoms with E-state index in [9.17, 15) is 9.59 Å². The summed E-state index contributed by atoms with van der Waals surface area (Å²) >= 11 is 0. The van der Waals surface area contributed by atoms with Gasteiger partial charge in [0, 0.05) is 11.1 Å². The van der Waals surface area contributed by atoms with Gasteiger partial charge in [-0.25, -0.2) is 0 Å². The van der Waals surface area contributed by atoms with Crippen LogP contribution in [0.15, 0.2) is 89.9 Å². The summed E-state index contributed by atoms with van der Waals surface area (Å²) in [5.41, 5.74) is 2.93. The Morgan fingerprint density at radius 1 is 0.760 bits per heavy atom. The number of carbonyl (C=O) groups is 2. The van der Waals surface area contributed by atoms with Crippen molar-refractivity contribution in [2.45, 2.75) is 0 Å². The Morgan fingerprint density at radius 3 is 2.08 bits per heavy atom. The third kappa shape index (κ3) is 2.70. The van der Waals surface area contributed by atoms with Gasteiger partial charge in [-0.05, 0) is 17.7 Å². The molecule has 0 spiro atoms. The summed E-state index contributed by atoms with van der Waals surface area (Å²) in [5.74, 6) is -1.33. The van der Waals surface area contributed by atoms with Crippen molar-refractivity contribution in [3.8, 4) is 0 Å². The van der Waals surface area contributed by atoms with E-state index in [0.29, 0.717) is 22.5 Å². The highest BCUT2D eigenvalue weighted by Crippen LogP contribution is 2.32. The number of aliphatic imine (C=N–C) groups is 1. The summed E-state index contributed by atoms with van der Waals surface area (Å²) in [6, 6.07) is 25.5. The number of hydrogen-bond donors (Lipinski definition) is 0. The van der Waals surface area contributed by atoms with Gasteiger partial charge in [0.05, 0.1) is 11.4 Å². The molecule has 0 N–H and O–H groups in total. The molecule has 4 rings (SSSR count). The van der Waals surface area contributed by atoms with Crippen LogP contribution in [-0.2, 0) is 0 Å². The van der Waals surface area contributed by atoms with Crippen molar-refractivity contribution in [3.63, 3.8) is 0 Å². The topological polar surface area (TPSA) is 46.5 Å². The molecule has 1 unspecified atom stereocenters. The first-order chi connectivity index (χ1) is 12.3. The minimum Gasteiger partial charge on any atom is -0.293 e. The first-order valence-electron chi connectivity index (χ1n) is 8.12. The van der Waals surface area contributed by atoms with Gasteiger partial charge >= 0.3 is 0 Å². The van der Waals surface area contributed by atoms with Crippen LogP contribution in [0.3, 0.4) is 0 Å². The standard InChI is InChI=1S/C22H15NO2/c24-21(16-11-5-2-6-12-16)19-20(15-9-3-1-4-10-15)23-18-14-8-7-13-17(18)22(19)25/h1-14,19H/i21+1,22+1. The van der Waals surface area contributed by atoms with Crippen LogP contribution in [0.2, 0.25) is 0 Å². The highest BCUT2D eigenvalue weighted by atomic mass is 16.2. The lowest BCUT2D eigenvalue weighted by Gasteiger charge is -2.23. The van der Waals surface area contributed by atoms with Gasteiger partial charge in [0.15, 0.2) is 11.6 Å². The highest BCUT2D eigenvalue weighted by molar-refractivity contribution is 6.35. The van der Waals surface area contributed by atoms with Crippen LogP contribution in [0.4, 0.5) is 5.69 Å². The summed E-state index contributed by atoms with van der Waals surface area (Å²) in [7, 11) is 0. The van der Waals surface area contributed by atoms with E-state index in [-0.39, 0.29) is 11.6 Å². The molecule has 3 aromatic rings. The number of benzene rings is 3. The van der Waals surface area contributed by atoms with E-state index in [4.69, 9.17) is 0 Å². The van der Waals surface area contributed by atoms with Crippen LogP contribution in [0, 0.1) is 5.92 Å². The first-order valence-corrected chi connectivity index (χ1v) is 8.12. The maximum absolute atomic E-state index is 13.1. The molecule has 0 bridgehead atoms. The normalized spacial score (nSPS) is 16.1. The number of hydrogen-bond acceptors (Lipinski definition) is 3. The lowest BCUT2D eigenvalue weighted by molar-refractivity contribution is 0.0852. The third-order valence-corrected chi connectivity index (χ3v) is 4.34. The zero-order chi connectivity index (χ0) is 17.2.